The first-order valence-electron chi connectivity index (χ1n) is 7.80. The number of hydrogen-bond acceptors (Lipinski definition) is 3. The van der Waals surface area contributed by atoms with Crippen LogP contribution in [0.1, 0.15) is 60.3 Å². The molecule has 1 rings (SSSR count). The maximum Gasteiger partial charge on any atom is 0.116 e. The van der Waals surface area contributed by atoms with Gasteiger partial charge in [0.15, 0.2) is 0 Å². The van der Waals surface area contributed by atoms with Crippen molar-refractivity contribution in [2.24, 2.45) is 5.41 Å². The summed E-state index contributed by atoms with van der Waals surface area (Å²) in [4.78, 5) is 2.46. The SMILES string of the molecule is CCC1(CC)CCN(CC(C)(C#N)NC(C)C)CC1. The fourth-order valence-electron chi connectivity index (χ4n) is 3.34. The van der Waals surface area contributed by atoms with E-state index in [0.717, 1.165) is 19.6 Å². The number of piperidine rings is 1. The molecule has 19 heavy (non-hydrogen) atoms. The molecule has 0 aromatic carbocycles. The van der Waals surface area contributed by atoms with Gasteiger partial charge in [-0.05, 0) is 52.1 Å². The molecule has 1 heterocycles. The van der Waals surface area contributed by atoms with E-state index in [1.807, 2.05) is 6.92 Å². The maximum absolute atomic E-state index is 9.42. The molecule has 0 spiro atoms. The van der Waals surface area contributed by atoms with Crippen LogP contribution in [0.2, 0.25) is 0 Å². The smallest absolute Gasteiger partial charge is 0.116 e. The summed E-state index contributed by atoms with van der Waals surface area (Å²) in [6.45, 7) is 14.0. The van der Waals surface area contributed by atoms with Crippen LogP contribution in [0.4, 0.5) is 0 Å². The minimum atomic E-state index is -0.424. The zero-order valence-corrected chi connectivity index (χ0v) is 13.4. The molecule has 0 aromatic heterocycles. The van der Waals surface area contributed by atoms with E-state index in [1.54, 1.807) is 0 Å². The molecule has 0 amide bonds. The van der Waals surface area contributed by atoms with E-state index in [9.17, 15) is 5.26 Å². The Labute approximate surface area is 119 Å². The van der Waals surface area contributed by atoms with E-state index in [2.05, 4.69) is 44.0 Å². The Hall–Kier alpha value is -0.590. The number of nitrogens with zero attached hydrogens (tertiary/aromatic N) is 2. The summed E-state index contributed by atoms with van der Waals surface area (Å²) in [5.41, 5.74) is 0.137. The topological polar surface area (TPSA) is 39.1 Å². The molecule has 0 aliphatic carbocycles. The Morgan fingerprint density at radius 3 is 2.16 bits per heavy atom. The molecule has 0 radical (unpaired) electrons. The van der Waals surface area contributed by atoms with Crippen LogP contribution in [0.25, 0.3) is 0 Å². The van der Waals surface area contributed by atoms with Gasteiger partial charge in [0.1, 0.15) is 5.54 Å². The van der Waals surface area contributed by atoms with Gasteiger partial charge in [-0.25, -0.2) is 0 Å². The second-order valence-electron chi connectivity index (χ2n) is 6.73. The minimum Gasteiger partial charge on any atom is -0.300 e. The van der Waals surface area contributed by atoms with Gasteiger partial charge in [0.25, 0.3) is 0 Å². The predicted molar refractivity (Wildman–Crippen MR) is 81.0 cm³/mol. The lowest BCUT2D eigenvalue weighted by molar-refractivity contribution is 0.0818. The first-order chi connectivity index (χ1) is 8.88. The fraction of sp³-hybridized carbons (Fsp3) is 0.938. The van der Waals surface area contributed by atoms with E-state index in [4.69, 9.17) is 0 Å². The van der Waals surface area contributed by atoms with Crippen LogP contribution in [0, 0.1) is 16.7 Å². The Morgan fingerprint density at radius 1 is 1.26 bits per heavy atom. The molecule has 0 saturated carbocycles. The van der Waals surface area contributed by atoms with Crippen molar-refractivity contribution in [1.82, 2.24) is 10.2 Å². The molecule has 3 nitrogen and oxygen atoms in total. The molecule has 1 saturated heterocycles. The summed E-state index contributed by atoms with van der Waals surface area (Å²) in [7, 11) is 0. The van der Waals surface area contributed by atoms with Crippen LogP contribution in [-0.2, 0) is 0 Å². The maximum atomic E-state index is 9.42. The van der Waals surface area contributed by atoms with Gasteiger partial charge in [0, 0.05) is 12.6 Å². The first-order valence-corrected chi connectivity index (χ1v) is 7.80. The van der Waals surface area contributed by atoms with Crippen LogP contribution in [-0.4, -0.2) is 36.1 Å². The van der Waals surface area contributed by atoms with Crippen molar-refractivity contribution < 1.29 is 0 Å². The average Bonchev–Trinajstić information content (AvgIpc) is 2.39. The quantitative estimate of drug-likeness (QED) is 0.802. The van der Waals surface area contributed by atoms with Gasteiger partial charge in [-0.1, -0.05) is 26.7 Å². The van der Waals surface area contributed by atoms with Crippen LogP contribution in [0.5, 0.6) is 0 Å². The molecule has 3 heteroatoms. The summed E-state index contributed by atoms with van der Waals surface area (Å²) < 4.78 is 0. The van der Waals surface area contributed by atoms with Crippen LogP contribution < -0.4 is 5.32 Å². The molecular formula is C16H31N3. The minimum absolute atomic E-state index is 0.347. The van der Waals surface area contributed by atoms with E-state index in [0.29, 0.717) is 11.5 Å². The zero-order chi connectivity index (χ0) is 14.5. The second-order valence-corrected chi connectivity index (χ2v) is 6.73. The third kappa shape index (κ3) is 4.47. The molecule has 1 fully saturated rings. The fourth-order valence-corrected chi connectivity index (χ4v) is 3.34. The number of hydrogen-bond donors (Lipinski definition) is 1. The van der Waals surface area contributed by atoms with Crippen molar-refractivity contribution in [2.45, 2.75) is 71.9 Å². The molecule has 1 atom stereocenters. The molecule has 1 unspecified atom stereocenters. The predicted octanol–water partition coefficient (Wildman–Crippen LogP) is 3.17. The van der Waals surface area contributed by atoms with Crippen LogP contribution >= 0.6 is 0 Å². The van der Waals surface area contributed by atoms with Crippen molar-refractivity contribution >= 4 is 0 Å². The summed E-state index contributed by atoms with van der Waals surface area (Å²) in [5, 5.41) is 12.8. The lowest BCUT2D eigenvalue weighted by atomic mass is 9.74. The van der Waals surface area contributed by atoms with Gasteiger partial charge in [-0.15, -0.1) is 0 Å². The Bertz CT molecular complexity index is 304. The standard InChI is InChI=1S/C16H31N3/c1-6-16(7-2)8-10-19(11-9-16)13-15(5,12-17)18-14(3)4/h14,18H,6-11,13H2,1-5H3. The first kappa shape index (κ1) is 16.5. The molecule has 1 aliphatic rings. The van der Waals surface area contributed by atoms with Gasteiger partial charge in [0.2, 0.25) is 0 Å². The zero-order valence-electron chi connectivity index (χ0n) is 13.4. The van der Waals surface area contributed by atoms with E-state index >= 15 is 0 Å². The molecule has 0 aromatic rings. The Kier molecular flexibility index (Phi) is 5.82. The summed E-state index contributed by atoms with van der Waals surface area (Å²) in [6, 6.07) is 2.80. The van der Waals surface area contributed by atoms with Crippen molar-refractivity contribution in [3.63, 3.8) is 0 Å². The largest absolute Gasteiger partial charge is 0.300 e. The van der Waals surface area contributed by atoms with Crippen molar-refractivity contribution in [3.05, 3.63) is 0 Å². The molecule has 110 valence electrons. The molecular weight excluding hydrogens is 234 g/mol. The molecule has 1 N–H and O–H groups in total. The van der Waals surface area contributed by atoms with E-state index < -0.39 is 5.54 Å². The third-order valence-electron chi connectivity index (χ3n) is 4.81. The van der Waals surface area contributed by atoms with E-state index in [1.165, 1.54) is 25.7 Å². The van der Waals surface area contributed by atoms with Gasteiger partial charge >= 0.3 is 0 Å². The van der Waals surface area contributed by atoms with E-state index in [-0.39, 0.29) is 0 Å². The molecule has 1 aliphatic heterocycles. The lowest BCUT2D eigenvalue weighted by Crippen LogP contribution is -2.54. The summed E-state index contributed by atoms with van der Waals surface area (Å²) in [6.07, 6.45) is 5.14. The Balaban J connectivity index is 2.54. The second kappa shape index (κ2) is 6.72. The summed E-state index contributed by atoms with van der Waals surface area (Å²) in [5.74, 6) is 0. The van der Waals surface area contributed by atoms with Crippen molar-refractivity contribution in [1.29, 1.82) is 5.26 Å². The lowest BCUT2D eigenvalue weighted by Gasteiger charge is -2.43. The van der Waals surface area contributed by atoms with Gasteiger partial charge in [-0.2, -0.15) is 5.26 Å². The highest BCUT2D eigenvalue weighted by atomic mass is 15.2. The van der Waals surface area contributed by atoms with Crippen molar-refractivity contribution in [2.75, 3.05) is 19.6 Å². The highest BCUT2D eigenvalue weighted by Crippen LogP contribution is 2.38. The highest BCUT2D eigenvalue weighted by molar-refractivity contribution is 5.07. The number of rotatable bonds is 6. The van der Waals surface area contributed by atoms with Gasteiger partial charge in [0.05, 0.1) is 6.07 Å². The average molecular weight is 265 g/mol. The van der Waals surface area contributed by atoms with Crippen LogP contribution in [0.15, 0.2) is 0 Å². The Morgan fingerprint density at radius 2 is 1.79 bits per heavy atom. The van der Waals surface area contributed by atoms with Gasteiger partial charge < -0.3 is 4.90 Å². The monoisotopic (exact) mass is 265 g/mol. The third-order valence-corrected chi connectivity index (χ3v) is 4.81. The van der Waals surface area contributed by atoms with Gasteiger partial charge in [-0.3, -0.25) is 5.32 Å². The van der Waals surface area contributed by atoms with Crippen LogP contribution in [0.3, 0.4) is 0 Å². The van der Waals surface area contributed by atoms with Crippen molar-refractivity contribution in [3.8, 4) is 6.07 Å². The summed E-state index contributed by atoms with van der Waals surface area (Å²) >= 11 is 0. The number of likely N-dealkylation sites (tertiary alicyclic amines) is 1. The normalized spacial score (nSPS) is 23.0. The highest BCUT2D eigenvalue weighted by Gasteiger charge is 2.34. The molecule has 0 bridgehead atoms. The number of nitriles is 1. The number of nitrogens with one attached hydrogen (secondary N) is 1.